The summed E-state index contributed by atoms with van der Waals surface area (Å²) in [5, 5.41) is 0. The first-order valence-electron chi connectivity index (χ1n) is 10.3. The Morgan fingerprint density at radius 3 is 2.00 bits per heavy atom. The number of hydrogen-bond acceptors (Lipinski definition) is 3. The summed E-state index contributed by atoms with van der Waals surface area (Å²) in [6.07, 6.45) is 12.1. The fourth-order valence-corrected chi connectivity index (χ4v) is 6.69. The zero-order valence-corrected chi connectivity index (χ0v) is 15.5. The van der Waals surface area contributed by atoms with Gasteiger partial charge in [0.15, 0.2) is 5.43 Å². The predicted molar refractivity (Wildman–Crippen MR) is 99.8 cm³/mol. The fourth-order valence-electron chi connectivity index (χ4n) is 6.69. The number of rotatable bonds is 3. The molecule has 5 heteroatoms. The smallest absolute Gasteiger partial charge is 0.242 e. The summed E-state index contributed by atoms with van der Waals surface area (Å²) in [5.41, 5.74) is 0.445. The molecule has 2 heterocycles. The summed E-state index contributed by atoms with van der Waals surface area (Å²) in [6, 6.07) is 3.02. The topological polar surface area (TPSA) is 45.6 Å². The van der Waals surface area contributed by atoms with Crippen molar-refractivity contribution < 1.29 is 4.79 Å². The molecule has 4 aliphatic carbocycles. The van der Waals surface area contributed by atoms with E-state index in [0.29, 0.717) is 12.1 Å². The van der Waals surface area contributed by atoms with Crippen molar-refractivity contribution in [2.45, 2.75) is 50.6 Å². The first kappa shape index (κ1) is 16.5. The Balaban J connectivity index is 1.20. The molecule has 0 aromatic carbocycles. The summed E-state index contributed by atoms with van der Waals surface area (Å²) >= 11 is 0. The molecular weight excluding hydrogens is 326 g/mol. The van der Waals surface area contributed by atoms with E-state index in [1.54, 1.807) is 17.0 Å². The summed E-state index contributed by atoms with van der Waals surface area (Å²) < 4.78 is 1.80. The van der Waals surface area contributed by atoms with Crippen molar-refractivity contribution in [3.63, 3.8) is 0 Å². The normalized spacial score (nSPS) is 36.5. The van der Waals surface area contributed by atoms with Crippen LogP contribution in [0, 0.1) is 17.8 Å². The van der Waals surface area contributed by atoms with E-state index >= 15 is 0 Å². The molecule has 0 unspecified atom stereocenters. The molecule has 1 aromatic heterocycles. The van der Waals surface area contributed by atoms with Gasteiger partial charge in [0.2, 0.25) is 5.91 Å². The van der Waals surface area contributed by atoms with Gasteiger partial charge >= 0.3 is 0 Å². The number of amides is 1. The standard InChI is InChI=1S/C21H29N3O2/c25-19-1-3-22(4-2-19)15-20(26)23-5-7-24(8-6-23)21-12-16-9-17(13-21)11-18(10-16)14-21/h1-4,16-18H,5-15H2. The van der Waals surface area contributed by atoms with Gasteiger partial charge in [0.05, 0.1) is 0 Å². The van der Waals surface area contributed by atoms with Gasteiger partial charge in [-0.2, -0.15) is 0 Å². The van der Waals surface area contributed by atoms with E-state index in [4.69, 9.17) is 0 Å². The van der Waals surface area contributed by atoms with Crippen LogP contribution in [0.1, 0.15) is 38.5 Å². The van der Waals surface area contributed by atoms with E-state index in [1.165, 1.54) is 50.7 Å². The van der Waals surface area contributed by atoms with Gasteiger partial charge in [0, 0.05) is 56.2 Å². The third-order valence-electron chi connectivity index (χ3n) is 7.49. The molecule has 5 nitrogen and oxygen atoms in total. The molecule has 4 bridgehead atoms. The Morgan fingerprint density at radius 1 is 0.923 bits per heavy atom. The Kier molecular flexibility index (Phi) is 3.96. The lowest BCUT2D eigenvalue weighted by Gasteiger charge is -2.61. The largest absolute Gasteiger partial charge is 0.345 e. The van der Waals surface area contributed by atoms with E-state index in [-0.39, 0.29) is 11.3 Å². The van der Waals surface area contributed by atoms with E-state index < -0.39 is 0 Å². The highest BCUT2D eigenvalue weighted by Crippen LogP contribution is 2.57. The van der Waals surface area contributed by atoms with Gasteiger partial charge in [-0.1, -0.05) is 0 Å². The molecule has 0 radical (unpaired) electrons. The highest BCUT2D eigenvalue weighted by Gasteiger charge is 2.53. The lowest BCUT2D eigenvalue weighted by atomic mass is 9.52. The predicted octanol–water partition coefficient (Wildman–Crippen LogP) is 1.96. The van der Waals surface area contributed by atoms with Crippen LogP contribution in [-0.4, -0.2) is 52.0 Å². The second-order valence-electron chi connectivity index (χ2n) is 9.22. The van der Waals surface area contributed by atoms with Crippen molar-refractivity contribution in [3.05, 3.63) is 34.7 Å². The number of pyridine rings is 1. The second-order valence-corrected chi connectivity index (χ2v) is 9.22. The van der Waals surface area contributed by atoms with Gasteiger partial charge < -0.3 is 9.47 Å². The maximum atomic E-state index is 12.6. The minimum absolute atomic E-state index is 0.0158. The van der Waals surface area contributed by atoms with E-state index in [9.17, 15) is 9.59 Å². The summed E-state index contributed by atoms with van der Waals surface area (Å²) in [6.45, 7) is 4.09. The van der Waals surface area contributed by atoms with Crippen molar-refractivity contribution in [2.75, 3.05) is 26.2 Å². The first-order valence-corrected chi connectivity index (χ1v) is 10.3. The number of piperazine rings is 1. The Hall–Kier alpha value is -1.62. The monoisotopic (exact) mass is 355 g/mol. The maximum Gasteiger partial charge on any atom is 0.242 e. The molecule has 1 aliphatic heterocycles. The number of aromatic nitrogens is 1. The Morgan fingerprint density at radius 2 is 1.46 bits per heavy atom. The van der Waals surface area contributed by atoms with Crippen LogP contribution in [-0.2, 0) is 11.3 Å². The van der Waals surface area contributed by atoms with Crippen LogP contribution in [0.4, 0.5) is 0 Å². The molecule has 1 aromatic rings. The Labute approximate surface area is 155 Å². The van der Waals surface area contributed by atoms with Crippen molar-refractivity contribution in [2.24, 2.45) is 17.8 Å². The lowest BCUT2D eigenvalue weighted by molar-refractivity contribution is -0.139. The molecule has 0 spiro atoms. The van der Waals surface area contributed by atoms with Crippen LogP contribution < -0.4 is 5.43 Å². The number of hydrogen-bond donors (Lipinski definition) is 0. The lowest BCUT2D eigenvalue weighted by Crippen LogP contribution is -2.64. The van der Waals surface area contributed by atoms with Crippen LogP contribution >= 0.6 is 0 Å². The molecule has 0 atom stereocenters. The molecule has 1 amide bonds. The summed E-state index contributed by atoms with van der Waals surface area (Å²) in [4.78, 5) is 28.6. The molecule has 4 saturated carbocycles. The Bertz CT molecular complexity index is 692. The maximum absolute atomic E-state index is 12.6. The van der Waals surface area contributed by atoms with Gasteiger partial charge in [-0.15, -0.1) is 0 Å². The van der Waals surface area contributed by atoms with Gasteiger partial charge in [-0.25, -0.2) is 0 Å². The van der Waals surface area contributed by atoms with Crippen LogP contribution in [0.5, 0.6) is 0 Å². The van der Waals surface area contributed by atoms with Crippen molar-refractivity contribution in [1.29, 1.82) is 0 Å². The van der Waals surface area contributed by atoms with Gasteiger partial charge in [-0.3, -0.25) is 14.5 Å². The quantitative estimate of drug-likeness (QED) is 0.833. The molecule has 140 valence electrons. The van der Waals surface area contributed by atoms with Gasteiger partial charge in [0.25, 0.3) is 0 Å². The van der Waals surface area contributed by atoms with Crippen LogP contribution in [0.3, 0.4) is 0 Å². The molecule has 0 N–H and O–H groups in total. The highest BCUT2D eigenvalue weighted by atomic mass is 16.2. The molecular formula is C21H29N3O2. The minimum atomic E-state index is -0.0158. The van der Waals surface area contributed by atoms with Crippen LogP contribution in [0.25, 0.3) is 0 Å². The minimum Gasteiger partial charge on any atom is -0.345 e. The van der Waals surface area contributed by atoms with Gasteiger partial charge in [-0.05, 0) is 56.3 Å². The third kappa shape index (κ3) is 2.90. The van der Waals surface area contributed by atoms with Crippen LogP contribution in [0.15, 0.2) is 29.3 Å². The van der Waals surface area contributed by atoms with E-state index in [0.717, 1.165) is 43.9 Å². The zero-order chi connectivity index (χ0) is 17.7. The van der Waals surface area contributed by atoms with Gasteiger partial charge in [0.1, 0.15) is 6.54 Å². The molecule has 1 saturated heterocycles. The zero-order valence-electron chi connectivity index (χ0n) is 15.5. The SMILES string of the molecule is O=C(Cn1ccc(=O)cc1)N1CCN(C23CC4CC(CC(C4)C2)C3)CC1. The summed E-state index contributed by atoms with van der Waals surface area (Å²) in [5.74, 6) is 3.09. The first-order chi connectivity index (χ1) is 12.6. The van der Waals surface area contributed by atoms with E-state index in [1.807, 2.05) is 4.90 Å². The van der Waals surface area contributed by atoms with Crippen molar-refractivity contribution in [1.82, 2.24) is 14.4 Å². The fraction of sp³-hybridized carbons (Fsp3) is 0.714. The van der Waals surface area contributed by atoms with Crippen LogP contribution in [0.2, 0.25) is 0 Å². The average Bonchev–Trinajstić information content (AvgIpc) is 2.63. The second kappa shape index (κ2) is 6.22. The highest BCUT2D eigenvalue weighted by molar-refractivity contribution is 5.76. The molecule has 6 rings (SSSR count). The number of nitrogens with zero attached hydrogens (tertiary/aromatic N) is 3. The van der Waals surface area contributed by atoms with Crippen molar-refractivity contribution >= 4 is 5.91 Å². The molecule has 26 heavy (non-hydrogen) atoms. The number of carbonyl (C=O) groups is 1. The van der Waals surface area contributed by atoms with Crippen molar-refractivity contribution in [3.8, 4) is 0 Å². The molecule has 5 aliphatic rings. The van der Waals surface area contributed by atoms with E-state index in [2.05, 4.69) is 4.90 Å². The molecule has 5 fully saturated rings. The third-order valence-corrected chi connectivity index (χ3v) is 7.49. The summed E-state index contributed by atoms with van der Waals surface area (Å²) in [7, 11) is 0. The average molecular weight is 355 g/mol. The number of carbonyl (C=O) groups excluding carboxylic acids is 1.